The highest BCUT2D eigenvalue weighted by molar-refractivity contribution is 6.01. The number of nitrogens with zero attached hydrogens (tertiary/aromatic N) is 1. The summed E-state index contributed by atoms with van der Waals surface area (Å²) in [4.78, 5) is 36.4. The Hall–Kier alpha value is -2.37. The second-order valence-electron chi connectivity index (χ2n) is 7.52. The molecule has 0 aliphatic carbocycles. The number of carbonyl (C=O) groups excluding carboxylic acids is 3. The first-order valence-corrected chi connectivity index (χ1v) is 11.0. The lowest BCUT2D eigenvalue weighted by molar-refractivity contribution is -0.138. The van der Waals surface area contributed by atoms with Gasteiger partial charge in [-0.1, -0.05) is 38.5 Å². The molecule has 3 amide bonds. The van der Waals surface area contributed by atoms with E-state index in [4.69, 9.17) is 4.74 Å². The van der Waals surface area contributed by atoms with Crippen molar-refractivity contribution in [1.29, 1.82) is 0 Å². The third kappa shape index (κ3) is 8.67. The van der Waals surface area contributed by atoms with Crippen LogP contribution in [-0.4, -0.2) is 35.8 Å². The summed E-state index contributed by atoms with van der Waals surface area (Å²) in [6.07, 6.45) is 9.86. The van der Waals surface area contributed by atoms with Crippen LogP contribution in [0.5, 0.6) is 5.75 Å². The minimum absolute atomic E-state index is 0.0124. The normalized spacial score (nSPS) is 13.8. The van der Waals surface area contributed by atoms with Gasteiger partial charge in [-0.3, -0.25) is 19.3 Å². The number of anilines is 1. The van der Waals surface area contributed by atoms with Crippen LogP contribution in [0.3, 0.4) is 0 Å². The number of unbranched alkanes of at least 4 members (excludes halogenated alkanes) is 7. The van der Waals surface area contributed by atoms with E-state index in [0.29, 0.717) is 32.4 Å². The molecule has 0 atom stereocenters. The van der Waals surface area contributed by atoms with Crippen LogP contribution < -0.4 is 10.1 Å². The molecule has 6 nitrogen and oxygen atoms in total. The fraction of sp³-hybridized carbons (Fsp3) is 0.609. The molecule has 2 rings (SSSR count). The number of hydrogen-bond acceptors (Lipinski definition) is 4. The lowest BCUT2D eigenvalue weighted by Gasteiger charge is -2.13. The van der Waals surface area contributed by atoms with Gasteiger partial charge in [-0.25, -0.2) is 0 Å². The summed E-state index contributed by atoms with van der Waals surface area (Å²) in [5.41, 5.74) is 0.802. The predicted octanol–water partition coefficient (Wildman–Crippen LogP) is 4.68. The van der Waals surface area contributed by atoms with Crippen molar-refractivity contribution < 1.29 is 19.1 Å². The molecule has 160 valence electrons. The molecule has 1 N–H and O–H groups in total. The maximum Gasteiger partial charge on any atom is 0.229 e. The maximum absolute atomic E-state index is 12.0. The van der Waals surface area contributed by atoms with Gasteiger partial charge in [0.25, 0.3) is 0 Å². The number of nitrogens with one attached hydrogen (secondary N) is 1. The van der Waals surface area contributed by atoms with Gasteiger partial charge in [0.1, 0.15) is 5.75 Å². The summed E-state index contributed by atoms with van der Waals surface area (Å²) in [6.45, 7) is 3.16. The third-order valence-electron chi connectivity index (χ3n) is 5.14. The average molecular weight is 403 g/mol. The second-order valence-corrected chi connectivity index (χ2v) is 7.52. The molecule has 1 heterocycles. The molecular weight excluding hydrogens is 368 g/mol. The molecule has 1 aromatic carbocycles. The Bertz CT molecular complexity index is 641. The van der Waals surface area contributed by atoms with Crippen LogP contribution in [0.4, 0.5) is 5.69 Å². The topological polar surface area (TPSA) is 75.7 Å². The molecule has 1 aromatic rings. The fourth-order valence-electron chi connectivity index (χ4n) is 3.51. The molecule has 0 spiro atoms. The van der Waals surface area contributed by atoms with E-state index in [1.165, 1.54) is 17.7 Å². The zero-order valence-corrected chi connectivity index (χ0v) is 17.6. The smallest absolute Gasteiger partial charge is 0.229 e. The van der Waals surface area contributed by atoms with E-state index in [-0.39, 0.29) is 17.7 Å². The molecule has 1 saturated heterocycles. The first-order chi connectivity index (χ1) is 14.1. The second kappa shape index (κ2) is 13.0. The molecule has 6 heteroatoms. The quantitative estimate of drug-likeness (QED) is 0.362. The molecule has 0 bridgehead atoms. The van der Waals surface area contributed by atoms with Crippen molar-refractivity contribution in [3.63, 3.8) is 0 Å². The van der Waals surface area contributed by atoms with E-state index in [1.807, 2.05) is 31.2 Å². The number of rotatable bonds is 14. The number of carbonyl (C=O) groups is 3. The fourth-order valence-corrected chi connectivity index (χ4v) is 3.51. The van der Waals surface area contributed by atoms with Crippen LogP contribution >= 0.6 is 0 Å². The molecule has 0 unspecified atom stereocenters. The molecule has 0 saturated carbocycles. The molecule has 1 fully saturated rings. The van der Waals surface area contributed by atoms with Crippen LogP contribution in [0.15, 0.2) is 24.3 Å². The van der Waals surface area contributed by atoms with Crippen LogP contribution in [0.1, 0.15) is 77.6 Å². The third-order valence-corrected chi connectivity index (χ3v) is 5.14. The monoisotopic (exact) mass is 402 g/mol. The molecule has 1 aliphatic rings. The van der Waals surface area contributed by atoms with Crippen molar-refractivity contribution in [3.05, 3.63) is 24.3 Å². The Labute approximate surface area is 174 Å². The van der Waals surface area contributed by atoms with Crippen molar-refractivity contribution in [2.45, 2.75) is 77.6 Å². The van der Waals surface area contributed by atoms with Crippen molar-refractivity contribution >= 4 is 23.4 Å². The summed E-state index contributed by atoms with van der Waals surface area (Å²) in [6, 6.07) is 7.44. The minimum Gasteiger partial charge on any atom is -0.494 e. The number of imide groups is 1. The predicted molar refractivity (Wildman–Crippen MR) is 114 cm³/mol. The van der Waals surface area contributed by atoms with E-state index < -0.39 is 0 Å². The SMILES string of the molecule is CCOc1ccc(NC(=O)CCCCCCCCCCN2C(=O)CCC2=O)cc1. The Morgan fingerprint density at radius 1 is 0.897 bits per heavy atom. The van der Waals surface area contributed by atoms with Gasteiger partial charge in [0, 0.05) is 31.5 Å². The maximum atomic E-state index is 12.0. The Morgan fingerprint density at radius 2 is 1.45 bits per heavy atom. The molecular formula is C23H34N2O4. The van der Waals surface area contributed by atoms with Crippen LogP contribution in [-0.2, 0) is 14.4 Å². The number of ether oxygens (including phenoxy) is 1. The van der Waals surface area contributed by atoms with Crippen LogP contribution in [0.25, 0.3) is 0 Å². The standard InChI is InChI=1S/C23H34N2O4/c1-2-29-20-14-12-19(13-15-20)24-21(26)11-9-7-5-3-4-6-8-10-18-25-22(27)16-17-23(25)28/h12-15H,2-11,16-18H2,1H3,(H,24,26). The zero-order valence-electron chi connectivity index (χ0n) is 17.6. The molecule has 0 aromatic heterocycles. The number of benzene rings is 1. The van der Waals surface area contributed by atoms with Gasteiger partial charge in [0.15, 0.2) is 0 Å². The van der Waals surface area contributed by atoms with E-state index in [9.17, 15) is 14.4 Å². The van der Waals surface area contributed by atoms with Gasteiger partial charge < -0.3 is 10.1 Å². The lowest BCUT2D eigenvalue weighted by Crippen LogP contribution is -2.29. The number of hydrogen-bond donors (Lipinski definition) is 1. The van der Waals surface area contributed by atoms with Crippen molar-refractivity contribution in [3.8, 4) is 5.75 Å². The van der Waals surface area contributed by atoms with E-state index in [1.54, 1.807) is 0 Å². The van der Waals surface area contributed by atoms with Crippen LogP contribution in [0, 0.1) is 0 Å². The van der Waals surface area contributed by atoms with Gasteiger partial charge >= 0.3 is 0 Å². The molecule has 29 heavy (non-hydrogen) atoms. The summed E-state index contributed by atoms with van der Waals surface area (Å²) in [7, 11) is 0. The highest BCUT2D eigenvalue weighted by Gasteiger charge is 2.27. The van der Waals surface area contributed by atoms with Gasteiger partial charge in [0.2, 0.25) is 17.7 Å². The van der Waals surface area contributed by atoms with Crippen LogP contribution in [0.2, 0.25) is 0 Å². The van der Waals surface area contributed by atoms with E-state index >= 15 is 0 Å². The summed E-state index contributed by atoms with van der Waals surface area (Å²) < 4.78 is 5.39. The summed E-state index contributed by atoms with van der Waals surface area (Å²) in [5.74, 6) is 0.840. The van der Waals surface area contributed by atoms with Gasteiger partial charge in [0.05, 0.1) is 6.61 Å². The van der Waals surface area contributed by atoms with Gasteiger partial charge in [-0.2, -0.15) is 0 Å². The highest BCUT2D eigenvalue weighted by atomic mass is 16.5. The largest absolute Gasteiger partial charge is 0.494 e. The minimum atomic E-state index is -0.0124. The Morgan fingerprint density at radius 3 is 2.03 bits per heavy atom. The average Bonchev–Trinajstić information content (AvgIpc) is 3.03. The Kier molecular flexibility index (Phi) is 10.2. The molecule has 1 aliphatic heterocycles. The van der Waals surface area contributed by atoms with E-state index in [2.05, 4.69) is 5.32 Å². The number of amides is 3. The summed E-state index contributed by atoms with van der Waals surface area (Å²) >= 11 is 0. The van der Waals surface area contributed by atoms with Crippen molar-refractivity contribution in [2.24, 2.45) is 0 Å². The molecule has 0 radical (unpaired) electrons. The lowest BCUT2D eigenvalue weighted by atomic mass is 10.1. The first kappa shape index (κ1) is 22.9. The zero-order chi connectivity index (χ0) is 20.9. The number of likely N-dealkylation sites (tertiary alicyclic amines) is 1. The summed E-state index contributed by atoms with van der Waals surface area (Å²) in [5, 5.41) is 2.92. The Balaban J connectivity index is 1.42. The van der Waals surface area contributed by atoms with Crippen molar-refractivity contribution in [2.75, 3.05) is 18.5 Å². The van der Waals surface area contributed by atoms with Gasteiger partial charge in [-0.05, 0) is 44.0 Å². The van der Waals surface area contributed by atoms with E-state index in [0.717, 1.165) is 50.0 Å². The van der Waals surface area contributed by atoms with Crippen molar-refractivity contribution in [1.82, 2.24) is 4.90 Å². The van der Waals surface area contributed by atoms with Gasteiger partial charge in [-0.15, -0.1) is 0 Å². The first-order valence-electron chi connectivity index (χ1n) is 11.0. The highest BCUT2D eigenvalue weighted by Crippen LogP contribution is 2.17.